The number of carbonyl (C=O) groups is 2. The number of rotatable bonds is 7. The van der Waals surface area contributed by atoms with Gasteiger partial charge in [0.25, 0.3) is 0 Å². The number of hydrogen-bond acceptors (Lipinski definition) is 4. The van der Waals surface area contributed by atoms with E-state index >= 15 is 0 Å². The minimum Gasteiger partial charge on any atom is -0.457 e. The van der Waals surface area contributed by atoms with Crippen molar-refractivity contribution in [1.29, 1.82) is 0 Å². The molecule has 2 aliphatic carbocycles. The Kier molecular flexibility index (Phi) is 6.91. The standard InChI is InChI=1S/C36H30O4/c1-23(37)39-35(27-13-3-4-14-27)31-21-19-25-11-7-9-17-29(25)33(31)34-30-18-10-8-12-26(30)20-22-32(34)36(40-24(2)38)28-15-5-6-16-28/h3-22,27-28,35-36H,1-2H3/t35-,36-/m0/s1. The highest BCUT2D eigenvalue weighted by molar-refractivity contribution is 6.08. The van der Waals surface area contributed by atoms with Crippen molar-refractivity contribution in [3.05, 3.63) is 133 Å². The molecule has 0 N–H and O–H groups in total. The molecule has 0 unspecified atom stereocenters. The molecule has 4 aromatic rings. The highest BCUT2D eigenvalue weighted by Crippen LogP contribution is 2.47. The van der Waals surface area contributed by atoms with E-state index in [1.165, 1.54) is 13.8 Å². The van der Waals surface area contributed by atoms with Crippen LogP contribution in [0.4, 0.5) is 0 Å². The number of fused-ring (bicyclic) bond motifs is 2. The third-order valence-electron chi connectivity index (χ3n) is 7.63. The fourth-order valence-electron chi connectivity index (χ4n) is 5.97. The molecule has 6 rings (SSSR count). The van der Waals surface area contributed by atoms with Gasteiger partial charge in [-0.25, -0.2) is 0 Å². The van der Waals surface area contributed by atoms with Crippen LogP contribution < -0.4 is 0 Å². The second-order valence-corrected chi connectivity index (χ2v) is 10.3. The van der Waals surface area contributed by atoms with Gasteiger partial charge in [-0.1, -0.05) is 121 Å². The summed E-state index contributed by atoms with van der Waals surface area (Å²) in [6.45, 7) is 2.91. The van der Waals surface area contributed by atoms with Gasteiger partial charge in [0.1, 0.15) is 12.2 Å². The van der Waals surface area contributed by atoms with E-state index in [1.807, 2.05) is 48.6 Å². The van der Waals surface area contributed by atoms with Crippen molar-refractivity contribution in [2.24, 2.45) is 11.8 Å². The average molecular weight is 527 g/mol. The summed E-state index contributed by atoms with van der Waals surface area (Å²) >= 11 is 0. The van der Waals surface area contributed by atoms with E-state index in [0.29, 0.717) is 0 Å². The lowest BCUT2D eigenvalue weighted by atomic mass is 9.80. The summed E-state index contributed by atoms with van der Waals surface area (Å²) in [5.74, 6) is -0.885. The van der Waals surface area contributed by atoms with Crippen LogP contribution in [0.3, 0.4) is 0 Å². The Balaban J connectivity index is 1.72. The van der Waals surface area contributed by atoms with Crippen LogP contribution in [-0.2, 0) is 19.1 Å². The third-order valence-corrected chi connectivity index (χ3v) is 7.63. The molecule has 2 aliphatic rings. The molecule has 0 saturated carbocycles. The summed E-state index contributed by atoms with van der Waals surface area (Å²) in [4.78, 5) is 24.9. The number of ether oxygens (including phenoxy) is 2. The first kappa shape index (κ1) is 25.6. The lowest BCUT2D eigenvalue weighted by Gasteiger charge is -2.29. The second kappa shape index (κ2) is 10.8. The van der Waals surface area contributed by atoms with Crippen molar-refractivity contribution in [1.82, 2.24) is 0 Å². The summed E-state index contributed by atoms with van der Waals surface area (Å²) in [6, 6.07) is 24.8. The molecule has 4 heteroatoms. The number of allylic oxidation sites excluding steroid dienone is 4. The van der Waals surface area contributed by atoms with E-state index in [9.17, 15) is 9.59 Å². The van der Waals surface area contributed by atoms with Crippen LogP contribution in [0.1, 0.15) is 37.2 Å². The monoisotopic (exact) mass is 526 g/mol. The first-order valence-electron chi connectivity index (χ1n) is 13.6. The minimum absolute atomic E-state index is 0.104. The highest BCUT2D eigenvalue weighted by atomic mass is 16.5. The van der Waals surface area contributed by atoms with Gasteiger partial charge in [0.05, 0.1) is 0 Å². The fourth-order valence-corrected chi connectivity index (χ4v) is 5.97. The molecule has 0 saturated heterocycles. The van der Waals surface area contributed by atoms with Crippen molar-refractivity contribution < 1.29 is 19.1 Å². The largest absolute Gasteiger partial charge is 0.457 e. The summed E-state index contributed by atoms with van der Waals surface area (Å²) in [5.41, 5.74) is 3.78. The van der Waals surface area contributed by atoms with Crippen LogP contribution in [0.2, 0.25) is 0 Å². The summed E-state index contributed by atoms with van der Waals surface area (Å²) in [7, 11) is 0. The van der Waals surface area contributed by atoms with E-state index in [1.54, 1.807) is 0 Å². The van der Waals surface area contributed by atoms with Gasteiger partial charge in [-0.3, -0.25) is 9.59 Å². The van der Waals surface area contributed by atoms with Gasteiger partial charge in [-0.15, -0.1) is 0 Å². The molecule has 0 fully saturated rings. The molecule has 0 aliphatic heterocycles. The van der Waals surface area contributed by atoms with Crippen molar-refractivity contribution in [2.45, 2.75) is 26.1 Å². The third kappa shape index (κ3) is 4.77. The van der Waals surface area contributed by atoms with E-state index in [-0.39, 0.29) is 23.8 Å². The van der Waals surface area contributed by atoms with Gasteiger partial charge in [0.15, 0.2) is 0 Å². The zero-order valence-electron chi connectivity index (χ0n) is 22.5. The normalized spacial score (nSPS) is 16.1. The summed E-state index contributed by atoms with van der Waals surface area (Å²) in [5, 5.41) is 4.23. The lowest BCUT2D eigenvalue weighted by molar-refractivity contribution is -0.148. The Labute approximate surface area is 233 Å². The Bertz CT molecular complexity index is 1590. The molecular formula is C36H30O4. The number of carbonyl (C=O) groups excluding carboxylic acids is 2. The van der Waals surface area contributed by atoms with Crippen molar-refractivity contribution in [3.63, 3.8) is 0 Å². The molecular weight excluding hydrogens is 496 g/mol. The topological polar surface area (TPSA) is 52.6 Å². The molecule has 40 heavy (non-hydrogen) atoms. The molecule has 0 amide bonds. The van der Waals surface area contributed by atoms with Crippen LogP contribution in [0.25, 0.3) is 32.7 Å². The summed E-state index contributed by atoms with van der Waals surface area (Å²) in [6.07, 6.45) is 15.1. The van der Waals surface area contributed by atoms with Crippen LogP contribution in [0, 0.1) is 11.8 Å². The zero-order valence-corrected chi connectivity index (χ0v) is 22.5. The lowest BCUT2D eigenvalue weighted by Crippen LogP contribution is -2.18. The Morgan fingerprint density at radius 2 is 0.925 bits per heavy atom. The van der Waals surface area contributed by atoms with Crippen LogP contribution >= 0.6 is 0 Å². The first-order valence-corrected chi connectivity index (χ1v) is 13.6. The molecule has 0 heterocycles. The number of hydrogen-bond donors (Lipinski definition) is 0. The molecule has 0 bridgehead atoms. The molecule has 2 atom stereocenters. The van der Waals surface area contributed by atoms with Crippen molar-refractivity contribution in [2.75, 3.05) is 0 Å². The Morgan fingerprint density at radius 1 is 0.550 bits per heavy atom. The van der Waals surface area contributed by atoms with E-state index < -0.39 is 12.2 Å². The van der Waals surface area contributed by atoms with E-state index in [0.717, 1.165) is 43.8 Å². The van der Waals surface area contributed by atoms with Gasteiger partial charge < -0.3 is 9.47 Å². The smallest absolute Gasteiger partial charge is 0.303 e. The van der Waals surface area contributed by atoms with Crippen LogP contribution in [-0.4, -0.2) is 11.9 Å². The molecule has 0 aromatic heterocycles. The van der Waals surface area contributed by atoms with Gasteiger partial charge in [0, 0.05) is 36.8 Å². The predicted molar refractivity (Wildman–Crippen MR) is 159 cm³/mol. The number of benzene rings is 4. The SMILES string of the molecule is CC(=O)O[C@H](c1ccc2ccccc2c1-c1c([C@@H](OC(C)=O)C2C=CC=C2)ccc2ccccc12)C1C=CC=C1. The highest BCUT2D eigenvalue weighted by Gasteiger charge is 2.32. The van der Waals surface area contributed by atoms with Gasteiger partial charge in [-0.05, 0) is 32.7 Å². The predicted octanol–water partition coefficient (Wildman–Crippen LogP) is 8.35. The van der Waals surface area contributed by atoms with Crippen molar-refractivity contribution in [3.8, 4) is 11.1 Å². The minimum atomic E-state index is -0.530. The van der Waals surface area contributed by atoms with Crippen molar-refractivity contribution >= 4 is 33.5 Å². The maximum Gasteiger partial charge on any atom is 0.303 e. The molecule has 0 radical (unpaired) electrons. The van der Waals surface area contributed by atoms with E-state index in [4.69, 9.17) is 9.47 Å². The molecule has 198 valence electrons. The van der Waals surface area contributed by atoms with Gasteiger partial charge in [-0.2, -0.15) is 0 Å². The maximum absolute atomic E-state index is 12.4. The Morgan fingerprint density at radius 3 is 1.30 bits per heavy atom. The molecule has 4 aromatic carbocycles. The summed E-state index contributed by atoms with van der Waals surface area (Å²) < 4.78 is 12.1. The van der Waals surface area contributed by atoms with Gasteiger partial charge >= 0.3 is 11.9 Å². The zero-order chi connectivity index (χ0) is 27.6. The second-order valence-electron chi connectivity index (χ2n) is 10.3. The number of esters is 2. The quantitative estimate of drug-likeness (QED) is 0.227. The maximum atomic E-state index is 12.4. The van der Waals surface area contributed by atoms with E-state index in [2.05, 4.69) is 72.8 Å². The van der Waals surface area contributed by atoms with Crippen LogP contribution in [0.15, 0.2) is 121 Å². The van der Waals surface area contributed by atoms with Crippen LogP contribution in [0.5, 0.6) is 0 Å². The average Bonchev–Trinajstić information content (AvgIpc) is 3.69. The molecule has 4 nitrogen and oxygen atoms in total. The Hall–Kier alpha value is -4.70. The fraction of sp³-hybridized carbons (Fsp3) is 0.167. The van der Waals surface area contributed by atoms with Gasteiger partial charge in [0.2, 0.25) is 0 Å². The molecule has 0 spiro atoms. The first-order chi connectivity index (χ1) is 19.5.